The van der Waals surface area contributed by atoms with Gasteiger partial charge in [0.05, 0.1) is 42.2 Å². The van der Waals surface area contributed by atoms with Crippen LogP contribution < -0.4 is 15.4 Å². The van der Waals surface area contributed by atoms with Crippen LogP contribution in [0.15, 0.2) is 61.1 Å². The van der Waals surface area contributed by atoms with Crippen molar-refractivity contribution in [3.8, 4) is 5.75 Å². The Balaban J connectivity index is 1.61. The van der Waals surface area contributed by atoms with Crippen molar-refractivity contribution >= 4 is 29.2 Å². The molecule has 0 aliphatic carbocycles. The van der Waals surface area contributed by atoms with E-state index in [9.17, 15) is 32.7 Å². The van der Waals surface area contributed by atoms with Gasteiger partial charge in [-0.05, 0) is 43.3 Å². The fourth-order valence-electron chi connectivity index (χ4n) is 4.48. The van der Waals surface area contributed by atoms with E-state index < -0.39 is 41.7 Å². The fraction of sp³-hybridized carbons (Fsp3) is 0.345. The third-order valence-electron chi connectivity index (χ3n) is 7.00. The molecule has 4 amide bonds. The third-order valence-corrected chi connectivity index (χ3v) is 7.00. The molecule has 0 radical (unpaired) electrons. The van der Waals surface area contributed by atoms with E-state index in [-0.39, 0.29) is 54.0 Å². The number of nitrogens with zero attached hydrogens (tertiary/aromatic N) is 4. The van der Waals surface area contributed by atoms with Crippen LogP contribution in [0.2, 0.25) is 0 Å². The number of likely N-dealkylation sites (N-methyl/N-ethyl adjacent to an activating group) is 1. The molecule has 228 valence electrons. The number of anilines is 2. The monoisotopic (exact) mass is 600 g/mol. The number of halogens is 3. The maximum absolute atomic E-state index is 13.6. The molecule has 0 saturated carbocycles. The maximum atomic E-state index is 13.6. The predicted octanol–water partition coefficient (Wildman–Crippen LogP) is 4.13. The average Bonchev–Trinajstić information content (AvgIpc) is 2.99. The van der Waals surface area contributed by atoms with E-state index in [1.807, 2.05) is 6.92 Å². The quantitative estimate of drug-likeness (QED) is 0.371. The number of urea groups is 1. The lowest BCUT2D eigenvalue weighted by atomic mass is 9.99. The van der Waals surface area contributed by atoms with Gasteiger partial charge in [0, 0.05) is 37.6 Å². The average molecular weight is 601 g/mol. The lowest BCUT2D eigenvalue weighted by molar-refractivity contribution is -0.137. The Morgan fingerprint density at radius 2 is 1.88 bits per heavy atom. The largest absolute Gasteiger partial charge is 0.485 e. The van der Waals surface area contributed by atoms with Gasteiger partial charge in [-0.2, -0.15) is 13.2 Å². The number of hydrogen-bond donors (Lipinski definition) is 3. The lowest BCUT2D eigenvalue weighted by Gasteiger charge is -2.38. The van der Waals surface area contributed by atoms with Crippen LogP contribution in [0.4, 0.5) is 29.3 Å². The molecule has 0 spiro atoms. The molecule has 1 aromatic heterocycles. The minimum atomic E-state index is -4.50. The molecule has 4 rings (SSSR count). The molecule has 1 aliphatic heterocycles. The second-order valence-corrected chi connectivity index (χ2v) is 10.2. The van der Waals surface area contributed by atoms with Crippen molar-refractivity contribution in [2.24, 2.45) is 5.92 Å². The summed E-state index contributed by atoms with van der Waals surface area (Å²) in [5.74, 6) is -1.28. The molecule has 0 bridgehead atoms. The van der Waals surface area contributed by atoms with Crippen LogP contribution in [0, 0.1) is 5.92 Å². The topological polar surface area (TPSA) is 137 Å². The Kier molecular flexibility index (Phi) is 9.49. The molecule has 0 fully saturated rings. The summed E-state index contributed by atoms with van der Waals surface area (Å²) in [7, 11) is 1.50. The van der Waals surface area contributed by atoms with Crippen LogP contribution in [-0.2, 0) is 6.18 Å². The van der Waals surface area contributed by atoms with Crippen LogP contribution in [0.25, 0.3) is 0 Å². The Morgan fingerprint density at radius 3 is 2.51 bits per heavy atom. The van der Waals surface area contributed by atoms with Gasteiger partial charge in [0.25, 0.3) is 11.8 Å². The maximum Gasteiger partial charge on any atom is 0.416 e. The number of carbonyl (C=O) groups is 3. The number of aliphatic hydroxyl groups excluding tert-OH is 1. The van der Waals surface area contributed by atoms with E-state index >= 15 is 0 Å². The number of aromatic nitrogens is 2. The van der Waals surface area contributed by atoms with Gasteiger partial charge in [-0.25, -0.2) is 9.78 Å². The van der Waals surface area contributed by atoms with E-state index in [0.717, 1.165) is 24.3 Å². The number of rotatable bonds is 7. The molecule has 3 atom stereocenters. The first-order valence-electron chi connectivity index (χ1n) is 13.4. The van der Waals surface area contributed by atoms with E-state index in [1.54, 1.807) is 25.1 Å². The number of nitrogens with one attached hydrogen (secondary N) is 2. The summed E-state index contributed by atoms with van der Waals surface area (Å²) in [5, 5.41) is 15.1. The number of aliphatic hydroxyl groups is 1. The highest BCUT2D eigenvalue weighted by atomic mass is 19.4. The molecule has 3 aromatic rings. The van der Waals surface area contributed by atoms with Crippen LogP contribution in [0.3, 0.4) is 0 Å². The molecule has 2 aromatic carbocycles. The van der Waals surface area contributed by atoms with Gasteiger partial charge in [-0.1, -0.05) is 13.0 Å². The van der Waals surface area contributed by atoms with Gasteiger partial charge < -0.3 is 30.3 Å². The number of carbonyl (C=O) groups excluding carboxylic acids is 3. The summed E-state index contributed by atoms with van der Waals surface area (Å²) in [6, 6.07) is 7.61. The Morgan fingerprint density at radius 1 is 1.16 bits per heavy atom. The number of hydrogen-bond acceptors (Lipinski definition) is 7. The van der Waals surface area contributed by atoms with Crippen LogP contribution in [0.5, 0.6) is 5.75 Å². The standard InChI is InChI=1S/C29H31F3N6O5/c1-17-14-38(18(2)16-39)27(41)21-5-4-6-22(36-26(40)23-13-33-11-12-34-23)25(21)43-24(17)15-37(3)28(42)35-20-9-7-19(8-10-20)29(30,31)32/h4-13,17-18,24,39H,14-16H2,1-3H3,(H,35,42)(H,36,40)/t17-,18+,24+/m0/s1. The lowest BCUT2D eigenvalue weighted by Crippen LogP contribution is -2.50. The molecule has 0 saturated heterocycles. The molecule has 11 nitrogen and oxygen atoms in total. The van der Waals surface area contributed by atoms with Gasteiger partial charge in [-0.15, -0.1) is 0 Å². The van der Waals surface area contributed by atoms with Crippen LogP contribution in [-0.4, -0.2) is 81.6 Å². The van der Waals surface area contributed by atoms with Crippen molar-refractivity contribution in [3.05, 3.63) is 77.9 Å². The molecule has 1 aliphatic rings. The summed E-state index contributed by atoms with van der Waals surface area (Å²) in [5.41, 5.74) is -0.297. The summed E-state index contributed by atoms with van der Waals surface area (Å²) < 4.78 is 45.1. The smallest absolute Gasteiger partial charge is 0.416 e. The van der Waals surface area contributed by atoms with E-state index in [0.29, 0.717) is 0 Å². The summed E-state index contributed by atoms with van der Waals surface area (Å²) >= 11 is 0. The van der Waals surface area contributed by atoms with Crippen LogP contribution in [0.1, 0.15) is 40.3 Å². The normalized spacial score (nSPS) is 17.6. The zero-order chi connectivity index (χ0) is 31.3. The predicted molar refractivity (Wildman–Crippen MR) is 151 cm³/mol. The Hall–Kier alpha value is -4.72. The van der Waals surface area contributed by atoms with Gasteiger partial charge in [0.1, 0.15) is 11.8 Å². The molecule has 43 heavy (non-hydrogen) atoms. The van der Waals surface area contributed by atoms with Crippen molar-refractivity contribution in [3.63, 3.8) is 0 Å². The highest BCUT2D eigenvalue weighted by Gasteiger charge is 2.35. The zero-order valence-electron chi connectivity index (χ0n) is 23.6. The molecule has 3 N–H and O–H groups in total. The van der Waals surface area contributed by atoms with Crippen molar-refractivity contribution in [2.45, 2.75) is 32.2 Å². The van der Waals surface area contributed by atoms with Gasteiger partial charge >= 0.3 is 12.2 Å². The fourth-order valence-corrected chi connectivity index (χ4v) is 4.48. The van der Waals surface area contributed by atoms with Gasteiger partial charge in [0.2, 0.25) is 0 Å². The first-order valence-corrected chi connectivity index (χ1v) is 13.4. The van der Waals surface area contributed by atoms with Crippen LogP contribution >= 0.6 is 0 Å². The van der Waals surface area contributed by atoms with Crippen molar-refractivity contribution in [1.82, 2.24) is 19.8 Å². The highest BCUT2D eigenvalue weighted by molar-refractivity contribution is 6.06. The molecule has 14 heteroatoms. The zero-order valence-corrected chi connectivity index (χ0v) is 23.6. The second kappa shape index (κ2) is 13.1. The minimum Gasteiger partial charge on any atom is -0.485 e. The summed E-state index contributed by atoms with van der Waals surface area (Å²) in [4.78, 5) is 50.2. The summed E-state index contributed by atoms with van der Waals surface area (Å²) in [6.45, 7) is 3.43. The van der Waals surface area contributed by atoms with E-state index in [2.05, 4.69) is 20.6 Å². The number of ether oxygens (including phenoxy) is 1. The SMILES string of the molecule is C[C@H](CO)N1C[C@H](C)[C@@H](CN(C)C(=O)Nc2ccc(C(F)(F)F)cc2)Oc2c(NC(=O)c3cnccn3)cccc2C1=O. The number of para-hydroxylation sites is 1. The molecular weight excluding hydrogens is 569 g/mol. The van der Waals surface area contributed by atoms with E-state index in [1.165, 1.54) is 35.4 Å². The summed E-state index contributed by atoms with van der Waals surface area (Å²) in [6.07, 6.45) is -1.14. The van der Waals surface area contributed by atoms with Crippen molar-refractivity contribution < 1.29 is 37.4 Å². The van der Waals surface area contributed by atoms with Crippen molar-refractivity contribution in [1.29, 1.82) is 0 Å². The molecule has 0 unspecified atom stereocenters. The van der Waals surface area contributed by atoms with Crippen molar-refractivity contribution in [2.75, 3.05) is 37.4 Å². The number of amides is 4. The highest BCUT2D eigenvalue weighted by Crippen LogP contribution is 2.35. The first-order chi connectivity index (χ1) is 20.4. The molecule has 2 heterocycles. The Labute approximate surface area is 245 Å². The van der Waals surface area contributed by atoms with E-state index in [4.69, 9.17) is 4.74 Å². The third kappa shape index (κ3) is 7.38. The minimum absolute atomic E-state index is 0.00898. The number of benzene rings is 2. The Bertz CT molecular complexity index is 1460. The molecular formula is C29H31F3N6O5. The number of fused-ring (bicyclic) bond motifs is 1. The first kappa shape index (κ1) is 31.2. The van der Waals surface area contributed by atoms with Gasteiger partial charge in [-0.3, -0.25) is 14.6 Å². The van der Waals surface area contributed by atoms with Gasteiger partial charge in [0.15, 0.2) is 5.75 Å². The second-order valence-electron chi connectivity index (χ2n) is 10.2. The number of alkyl halides is 3.